The molecule has 2 saturated carbocycles. The monoisotopic (exact) mass is 343 g/mol. The van der Waals surface area contributed by atoms with Gasteiger partial charge in [-0.25, -0.2) is 0 Å². The van der Waals surface area contributed by atoms with E-state index in [0.29, 0.717) is 11.0 Å². The summed E-state index contributed by atoms with van der Waals surface area (Å²) in [5.41, 5.74) is 5.69. The third kappa shape index (κ3) is 5.04. The number of thiocarbonyl (C=S) groups is 1. The minimum absolute atomic E-state index is 0.624. The van der Waals surface area contributed by atoms with E-state index >= 15 is 0 Å². The van der Waals surface area contributed by atoms with Crippen molar-refractivity contribution in [3.05, 3.63) is 35.9 Å². The highest BCUT2D eigenvalue weighted by molar-refractivity contribution is 7.80. The Morgan fingerprint density at radius 1 is 1.00 bits per heavy atom. The molecule has 1 aromatic rings. The lowest BCUT2D eigenvalue weighted by atomic mass is 9.72. The quantitative estimate of drug-likeness (QED) is 0.610. The Labute approximate surface area is 151 Å². The van der Waals surface area contributed by atoms with E-state index in [1.807, 2.05) is 18.2 Å². The molecule has 1 atom stereocenters. The van der Waals surface area contributed by atoms with Crippen LogP contribution in [0.2, 0.25) is 0 Å². The van der Waals surface area contributed by atoms with Gasteiger partial charge in [0.2, 0.25) is 0 Å². The number of hydrazone groups is 1. The molecule has 0 unspecified atom stereocenters. The second-order valence-electron chi connectivity index (χ2n) is 7.13. The maximum absolute atomic E-state index is 5.39. The van der Waals surface area contributed by atoms with Crippen LogP contribution in [0.15, 0.2) is 35.4 Å². The molecule has 0 heterocycles. The van der Waals surface area contributed by atoms with Gasteiger partial charge in [-0.15, -0.1) is 0 Å². The molecule has 1 aromatic carbocycles. The summed E-state index contributed by atoms with van der Waals surface area (Å²) < 4.78 is 0. The lowest BCUT2D eigenvalue weighted by Crippen LogP contribution is -2.35. The zero-order valence-corrected chi connectivity index (χ0v) is 15.3. The lowest BCUT2D eigenvalue weighted by Gasteiger charge is -2.34. The molecule has 4 heteroatoms. The van der Waals surface area contributed by atoms with Crippen LogP contribution >= 0.6 is 12.2 Å². The van der Waals surface area contributed by atoms with Crippen molar-refractivity contribution in [1.29, 1.82) is 0 Å². The fraction of sp³-hybridized carbons (Fsp3) is 0.600. The minimum atomic E-state index is 0.624. The Hall–Kier alpha value is -1.42. The first-order chi connectivity index (χ1) is 11.8. The molecular weight excluding hydrogens is 314 g/mol. The van der Waals surface area contributed by atoms with Crippen LogP contribution in [-0.4, -0.2) is 10.8 Å². The van der Waals surface area contributed by atoms with Gasteiger partial charge >= 0.3 is 0 Å². The molecule has 3 nitrogen and oxygen atoms in total. The predicted octanol–water partition coefficient (Wildman–Crippen LogP) is 4.78. The molecule has 0 radical (unpaired) electrons. The van der Waals surface area contributed by atoms with Crippen LogP contribution < -0.4 is 10.7 Å². The Morgan fingerprint density at radius 3 is 2.54 bits per heavy atom. The first kappa shape index (κ1) is 17.4. The van der Waals surface area contributed by atoms with Crippen LogP contribution in [-0.2, 0) is 6.54 Å². The van der Waals surface area contributed by atoms with Crippen molar-refractivity contribution >= 4 is 23.0 Å². The fourth-order valence-corrected chi connectivity index (χ4v) is 4.26. The van der Waals surface area contributed by atoms with Crippen molar-refractivity contribution in [2.24, 2.45) is 16.9 Å². The summed E-state index contributed by atoms with van der Waals surface area (Å²) in [6.45, 7) is 0.740. The van der Waals surface area contributed by atoms with Crippen LogP contribution in [0.25, 0.3) is 0 Å². The Morgan fingerprint density at radius 2 is 1.75 bits per heavy atom. The molecule has 2 aliphatic rings. The number of nitrogens with zero attached hydrogens (tertiary/aromatic N) is 1. The molecule has 2 N–H and O–H groups in total. The van der Waals surface area contributed by atoms with E-state index in [-0.39, 0.29) is 0 Å². The van der Waals surface area contributed by atoms with Gasteiger partial charge in [0.15, 0.2) is 5.11 Å². The Bertz CT molecular complexity index is 549. The normalized spacial score (nSPS) is 23.8. The van der Waals surface area contributed by atoms with Gasteiger partial charge < -0.3 is 5.32 Å². The largest absolute Gasteiger partial charge is 0.357 e. The lowest BCUT2D eigenvalue weighted by molar-refractivity contribution is 0.274. The maximum atomic E-state index is 5.39. The molecule has 0 amide bonds. The zero-order chi connectivity index (χ0) is 16.6. The van der Waals surface area contributed by atoms with Gasteiger partial charge in [-0.2, -0.15) is 5.10 Å². The van der Waals surface area contributed by atoms with Gasteiger partial charge in [0.25, 0.3) is 0 Å². The molecule has 130 valence electrons. The second kappa shape index (κ2) is 9.16. The first-order valence-electron chi connectivity index (χ1n) is 9.47. The Kier molecular flexibility index (Phi) is 6.65. The molecule has 0 aliphatic heterocycles. The molecule has 0 spiro atoms. The summed E-state index contributed by atoms with van der Waals surface area (Å²) in [5.74, 6) is 1.54. The van der Waals surface area contributed by atoms with Crippen molar-refractivity contribution in [2.75, 3.05) is 0 Å². The molecule has 24 heavy (non-hydrogen) atoms. The van der Waals surface area contributed by atoms with E-state index in [9.17, 15) is 0 Å². The van der Waals surface area contributed by atoms with E-state index in [4.69, 9.17) is 17.3 Å². The summed E-state index contributed by atoms with van der Waals surface area (Å²) in [7, 11) is 0. The van der Waals surface area contributed by atoms with Crippen molar-refractivity contribution in [3.63, 3.8) is 0 Å². The SMILES string of the molecule is S=C(NCc1ccccc1)NN=C1CCCC[C@@H]1C1CCCCC1. The van der Waals surface area contributed by atoms with Crippen molar-refractivity contribution in [3.8, 4) is 0 Å². The van der Waals surface area contributed by atoms with Gasteiger partial charge in [-0.3, -0.25) is 5.43 Å². The highest BCUT2D eigenvalue weighted by Gasteiger charge is 2.29. The van der Waals surface area contributed by atoms with Crippen LogP contribution in [0, 0.1) is 11.8 Å². The maximum Gasteiger partial charge on any atom is 0.187 e. The molecule has 2 fully saturated rings. The van der Waals surface area contributed by atoms with Gasteiger partial charge in [0.05, 0.1) is 0 Å². The third-order valence-corrected chi connectivity index (χ3v) is 5.68. The average Bonchev–Trinajstić information content (AvgIpc) is 2.66. The van der Waals surface area contributed by atoms with Crippen LogP contribution in [0.1, 0.15) is 63.4 Å². The van der Waals surface area contributed by atoms with E-state index < -0.39 is 0 Å². The number of hydrogen-bond donors (Lipinski definition) is 2. The molecule has 0 aromatic heterocycles. The molecule has 0 saturated heterocycles. The highest BCUT2D eigenvalue weighted by Crippen LogP contribution is 2.36. The van der Waals surface area contributed by atoms with Crippen molar-refractivity contribution in [1.82, 2.24) is 10.7 Å². The van der Waals surface area contributed by atoms with Crippen LogP contribution in [0.5, 0.6) is 0 Å². The second-order valence-corrected chi connectivity index (χ2v) is 7.54. The number of hydrogen-bond acceptors (Lipinski definition) is 2. The smallest absolute Gasteiger partial charge is 0.187 e. The standard InChI is InChI=1S/C20H29N3S/c24-20(21-15-16-9-3-1-4-10-16)23-22-19-14-8-7-13-18(19)17-11-5-2-6-12-17/h1,3-4,9-10,17-18H,2,5-8,11-15H2,(H2,21,23,24)/t18-/m1/s1. The molecule has 2 aliphatic carbocycles. The van der Waals surface area contributed by atoms with E-state index in [1.54, 1.807) is 0 Å². The Balaban J connectivity index is 1.52. The first-order valence-corrected chi connectivity index (χ1v) is 9.88. The molecular formula is C20H29N3S. The zero-order valence-electron chi connectivity index (χ0n) is 14.5. The minimum Gasteiger partial charge on any atom is -0.357 e. The van der Waals surface area contributed by atoms with Gasteiger partial charge in [-0.05, 0) is 55.8 Å². The highest BCUT2D eigenvalue weighted by atomic mass is 32.1. The van der Waals surface area contributed by atoms with Crippen molar-refractivity contribution in [2.45, 2.75) is 64.3 Å². The van der Waals surface area contributed by atoms with Gasteiger partial charge in [0, 0.05) is 18.2 Å². The topological polar surface area (TPSA) is 36.4 Å². The van der Waals surface area contributed by atoms with Gasteiger partial charge in [0.1, 0.15) is 0 Å². The summed E-state index contributed by atoms with van der Waals surface area (Å²) >= 11 is 5.39. The number of benzene rings is 1. The average molecular weight is 344 g/mol. The van der Waals surface area contributed by atoms with Gasteiger partial charge in [-0.1, -0.05) is 56.0 Å². The number of rotatable bonds is 4. The van der Waals surface area contributed by atoms with Crippen LogP contribution in [0.4, 0.5) is 0 Å². The van der Waals surface area contributed by atoms with E-state index in [1.165, 1.54) is 62.6 Å². The molecule has 0 bridgehead atoms. The summed E-state index contributed by atoms with van der Waals surface area (Å²) in [6, 6.07) is 10.3. The fourth-order valence-electron chi connectivity index (χ4n) is 4.15. The number of nitrogens with one attached hydrogen (secondary N) is 2. The van der Waals surface area contributed by atoms with Crippen molar-refractivity contribution < 1.29 is 0 Å². The van der Waals surface area contributed by atoms with Crippen LogP contribution in [0.3, 0.4) is 0 Å². The van der Waals surface area contributed by atoms with E-state index in [2.05, 4.69) is 22.9 Å². The summed E-state index contributed by atoms with van der Waals surface area (Å²) in [6.07, 6.45) is 12.1. The summed E-state index contributed by atoms with van der Waals surface area (Å²) in [5, 5.41) is 8.59. The predicted molar refractivity (Wildman–Crippen MR) is 105 cm³/mol. The molecule has 3 rings (SSSR count). The van der Waals surface area contributed by atoms with E-state index in [0.717, 1.165) is 18.9 Å². The summed E-state index contributed by atoms with van der Waals surface area (Å²) in [4.78, 5) is 0. The third-order valence-electron chi connectivity index (χ3n) is 5.44.